The molecule has 6 nitrogen and oxygen atoms in total. The van der Waals surface area contributed by atoms with Gasteiger partial charge in [0.25, 0.3) is 0 Å². The number of nitrogens with zero attached hydrogens (tertiary/aromatic N) is 3. The van der Waals surface area contributed by atoms with Gasteiger partial charge in [0, 0.05) is 6.92 Å². The van der Waals surface area contributed by atoms with Crippen LogP contribution in [0.15, 0.2) is 10.2 Å². The molecule has 1 atom stereocenters. The Bertz CT molecular complexity index is 284. The van der Waals surface area contributed by atoms with Crippen LogP contribution in [0, 0.1) is 0 Å². The highest BCUT2D eigenvalue weighted by Crippen LogP contribution is 2.04. The molecular weight excluding hydrogens is 172 g/mol. The summed E-state index contributed by atoms with van der Waals surface area (Å²) in [5, 5.41) is 20.1. The lowest BCUT2D eigenvalue weighted by atomic mass is 10.2. The first kappa shape index (κ1) is 9.66. The summed E-state index contributed by atoms with van der Waals surface area (Å²) in [5.41, 5.74) is 0.691. The third-order valence-corrected chi connectivity index (χ3v) is 1.78. The fourth-order valence-corrected chi connectivity index (χ4v) is 0.856. The monoisotopic (exact) mass is 184 g/mol. The third-order valence-electron chi connectivity index (χ3n) is 1.78. The number of carbonyl (C=O) groups is 1. The van der Waals surface area contributed by atoms with Gasteiger partial charge in [0.1, 0.15) is 0 Å². The van der Waals surface area contributed by atoms with Crippen LogP contribution in [0.4, 0.5) is 0 Å². The van der Waals surface area contributed by atoms with E-state index in [0.29, 0.717) is 5.71 Å². The van der Waals surface area contributed by atoms with Crippen molar-refractivity contribution in [3.8, 4) is 0 Å². The summed E-state index contributed by atoms with van der Waals surface area (Å²) >= 11 is 0. The number of rotatable bonds is 0. The zero-order valence-corrected chi connectivity index (χ0v) is 7.77. The van der Waals surface area contributed by atoms with Crippen LogP contribution in [0.2, 0.25) is 0 Å². The third kappa shape index (κ3) is 2.03. The van der Waals surface area contributed by atoms with Gasteiger partial charge in [-0.3, -0.25) is 15.3 Å². The lowest BCUT2D eigenvalue weighted by Gasteiger charge is -2.26. The molecule has 1 amide bonds. The molecule has 0 aromatic heterocycles. The highest BCUT2D eigenvalue weighted by molar-refractivity contribution is 6.00. The summed E-state index contributed by atoms with van der Waals surface area (Å²) in [7, 11) is 0. The van der Waals surface area contributed by atoms with Crippen LogP contribution in [0.3, 0.4) is 0 Å². The summed E-state index contributed by atoms with van der Waals surface area (Å²) in [6.07, 6.45) is 0. The van der Waals surface area contributed by atoms with Crippen molar-refractivity contribution in [2.24, 2.45) is 10.2 Å². The maximum atomic E-state index is 10.7. The van der Waals surface area contributed by atoms with E-state index in [1.54, 1.807) is 13.8 Å². The van der Waals surface area contributed by atoms with E-state index in [1.807, 2.05) is 0 Å². The van der Waals surface area contributed by atoms with Gasteiger partial charge in [-0.1, -0.05) is 0 Å². The number of nitrogens with one attached hydrogen (secondary N) is 1. The largest absolute Gasteiger partial charge is 0.293 e. The summed E-state index contributed by atoms with van der Waals surface area (Å²) in [6, 6.07) is -0.264. The molecule has 0 aromatic rings. The molecule has 1 aliphatic heterocycles. The Hall–Kier alpha value is -1.43. The molecule has 0 saturated carbocycles. The van der Waals surface area contributed by atoms with Gasteiger partial charge in [-0.15, -0.1) is 5.10 Å². The van der Waals surface area contributed by atoms with Gasteiger partial charge < -0.3 is 0 Å². The van der Waals surface area contributed by atoms with Crippen molar-refractivity contribution in [3.63, 3.8) is 0 Å². The number of hydrogen-bond donors (Lipinski definition) is 2. The highest BCUT2D eigenvalue weighted by Gasteiger charge is 2.23. The van der Waals surface area contributed by atoms with Crippen molar-refractivity contribution in [1.82, 2.24) is 10.4 Å². The average Bonchev–Trinajstić information content (AvgIpc) is 2.06. The lowest BCUT2D eigenvalue weighted by Crippen LogP contribution is -2.49. The molecule has 13 heavy (non-hydrogen) atoms. The number of hydroxylamine groups is 2. The zero-order valence-electron chi connectivity index (χ0n) is 7.77. The minimum Gasteiger partial charge on any atom is -0.293 e. The summed E-state index contributed by atoms with van der Waals surface area (Å²) in [6.45, 7) is 4.85. The summed E-state index contributed by atoms with van der Waals surface area (Å²) < 4.78 is 0. The number of carbonyl (C=O) groups excluding carboxylic acids is 1. The fourth-order valence-electron chi connectivity index (χ4n) is 0.856. The first-order valence-corrected chi connectivity index (χ1v) is 3.90. The Labute approximate surface area is 75.9 Å². The fraction of sp³-hybridized carbons (Fsp3) is 0.571. The SMILES string of the molecule is CC(=O)NC1=NN=C(C)[C@H](C)N1O. The minimum atomic E-state index is -0.292. The second-order valence-electron chi connectivity index (χ2n) is 2.87. The standard InChI is InChI=1S/C7H12N4O2/c1-4-5(2)11(13)7(10-9-4)8-6(3)12/h5,13H,1-3H3,(H,8,10,12)/t5-/m0/s1. The maximum Gasteiger partial charge on any atom is 0.250 e. The number of amides is 1. The number of guanidine groups is 1. The predicted molar refractivity (Wildman–Crippen MR) is 47.4 cm³/mol. The van der Waals surface area contributed by atoms with Crippen LogP contribution in [-0.2, 0) is 4.79 Å². The Balaban J connectivity index is 2.80. The van der Waals surface area contributed by atoms with Gasteiger partial charge in [-0.2, -0.15) is 5.10 Å². The molecule has 72 valence electrons. The van der Waals surface area contributed by atoms with E-state index in [9.17, 15) is 10.0 Å². The van der Waals surface area contributed by atoms with Crippen molar-refractivity contribution in [2.45, 2.75) is 26.8 Å². The molecule has 0 aromatic carbocycles. The molecule has 0 bridgehead atoms. The maximum absolute atomic E-state index is 10.7. The van der Waals surface area contributed by atoms with Crippen molar-refractivity contribution < 1.29 is 10.0 Å². The first-order chi connectivity index (χ1) is 6.02. The smallest absolute Gasteiger partial charge is 0.250 e. The van der Waals surface area contributed by atoms with Crippen molar-refractivity contribution in [2.75, 3.05) is 0 Å². The summed E-state index contributed by atoms with van der Waals surface area (Å²) in [5.74, 6) is -0.231. The molecule has 2 N–H and O–H groups in total. The van der Waals surface area contributed by atoms with Crippen LogP contribution in [0.1, 0.15) is 20.8 Å². The van der Waals surface area contributed by atoms with Gasteiger partial charge in [0.05, 0.1) is 11.8 Å². The van der Waals surface area contributed by atoms with Gasteiger partial charge >= 0.3 is 0 Å². The predicted octanol–water partition coefficient (Wildman–Crippen LogP) is -0.0523. The molecule has 6 heteroatoms. The van der Waals surface area contributed by atoms with Gasteiger partial charge in [0.15, 0.2) is 0 Å². The summed E-state index contributed by atoms with van der Waals surface area (Å²) in [4.78, 5) is 10.7. The second-order valence-corrected chi connectivity index (χ2v) is 2.87. The second kappa shape index (κ2) is 3.53. The molecule has 1 heterocycles. The van der Waals surface area contributed by atoms with Gasteiger partial charge in [0.2, 0.25) is 11.9 Å². The molecular formula is C7H12N4O2. The van der Waals surface area contributed by atoms with E-state index >= 15 is 0 Å². The van der Waals surface area contributed by atoms with Crippen LogP contribution >= 0.6 is 0 Å². The average molecular weight is 184 g/mol. The first-order valence-electron chi connectivity index (χ1n) is 3.90. The van der Waals surface area contributed by atoms with Gasteiger partial charge in [-0.25, -0.2) is 5.06 Å². The highest BCUT2D eigenvalue weighted by atomic mass is 16.5. The normalized spacial score (nSPS) is 22.2. The molecule has 0 fully saturated rings. The Morgan fingerprint density at radius 1 is 1.62 bits per heavy atom. The molecule has 0 saturated heterocycles. The van der Waals surface area contributed by atoms with Crippen molar-refractivity contribution >= 4 is 17.6 Å². The van der Waals surface area contributed by atoms with E-state index in [2.05, 4.69) is 15.5 Å². The Morgan fingerprint density at radius 3 is 2.77 bits per heavy atom. The van der Waals surface area contributed by atoms with Crippen LogP contribution < -0.4 is 5.32 Å². The molecule has 1 rings (SSSR count). The zero-order chi connectivity index (χ0) is 10.0. The van der Waals surface area contributed by atoms with Crippen LogP contribution in [0.25, 0.3) is 0 Å². The molecule has 0 radical (unpaired) electrons. The lowest BCUT2D eigenvalue weighted by molar-refractivity contribution is -0.118. The molecule has 0 aliphatic carbocycles. The molecule has 0 spiro atoms. The van der Waals surface area contributed by atoms with E-state index in [-0.39, 0.29) is 17.9 Å². The quantitative estimate of drug-likeness (QED) is 0.554. The van der Waals surface area contributed by atoms with Crippen LogP contribution in [-0.4, -0.2) is 33.9 Å². The van der Waals surface area contributed by atoms with E-state index in [1.165, 1.54) is 6.92 Å². The topological polar surface area (TPSA) is 77.3 Å². The molecule has 0 unspecified atom stereocenters. The van der Waals surface area contributed by atoms with Crippen LogP contribution in [0.5, 0.6) is 0 Å². The van der Waals surface area contributed by atoms with E-state index in [0.717, 1.165) is 5.06 Å². The van der Waals surface area contributed by atoms with E-state index < -0.39 is 0 Å². The van der Waals surface area contributed by atoms with Gasteiger partial charge in [-0.05, 0) is 13.8 Å². The number of hydrogen-bond acceptors (Lipinski definition) is 5. The van der Waals surface area contributed by atoms with Crippen molar-refractivity contribution in [3.05, 3.63) is 0 Å². The Kier molecular flexibility index (Phi) is 2.62. The molecule has 1 aliphatic rings. The van der Waals surface area contributed by atoms with Crippen molar-refractivity contribution in [1.29, 1.82) is 0 Å². The Morgan fingerprint density at radius 2 is 2.23 bits per heavy atom. The van der Waals surface area contributed by atoms with E-state index in [4.69, 9.17) is 0 Å². The minimum absolute atomic E-state index is 0.0607.